The molecule has 1 aliphatic rings. The number of hydrogen-bond donors (Lipinski definition) is 0. The maximum atomic E-state index is 13.8. The van der Waals surface area contributed by atoms with Gasteiger partial charge in [-0.05, 0) is 69.7 Å². The Morgan fingerprint density at radius 2 is 1.43 bits per heavy atom. The van der Waals surface area contributed by atoms with Crippen molar-refractivity contribution in [1.82, 2.24) is 9.80 Å². The summed E-state index contributed by atoms with van der Waals surface area (Å²) in [7, 11) is 0. The molecule has 1 fully saturated rings. The third-order valence-electron chi connectivity index (χ3n) is 5.68. The lowest BCUT2D eigenvalue weighted by atomic mass is 10.1. The molecule has 0 spiro atoms. The Hall–Kier alpha value is -2.89. The lowest BCUT2D eigenvalue weighted by Crippen LogP contribution is -2.50. The van der Waals surface area contributed by atoms with E-state index >= 15 is 0 Å². The monoisotopic (exact) mass is 411 g/mol. The Morgan fingerprint density at radius 3 is 1.90 bits per heavy atom. The molecule has 2 amide bonds. The molecule has 6 heteroatoms. The Kier molecular flexibility index (Phi) is 6.75. The van der Waals surface area contributed by atoms with Gasteiger partial charge in [-0.2, -0.15) is 0 Å². The predicted octanol–water partition coefficient (Wildman–Crippen LogP) is 3.97. The minimum atomic E-state index is -0.378. The van der Waals surface area contributed by atoms with E-state index in [1.165, 1.54) is 6.07 Å². The van der Waals surface area contributed by atoms with Gasteiger partial charge in [-0.1, -0.05) is 6.07 Å². The molecule has 3 rings (SSSR count). The summed E-state index contributed by atoms with van der Waals surface area (Å²) in [6.07, 6.45) is 0. The fourth-order valence-electron chi connectivity index (χ4n) is 3.85. The molecular weight excluding hydrogens is 381 g/mol. The van der Waals surface area contributed by atoms with Crippen molar-refractivity contribution in [2.24, 2.45) is 0 Å². The van der Waals surface area contributed by atoms with E-state index in [0.717, 1.165) is 12.2 Å². The summed E-state index contributed by atoms with van der Waals surface area (Å²) < 4.78 is 13.8. The van der Waals surface area contributed by atoms with E-state index in [4.69, 9.17) is 0 Å². The summed E-state index contributed by atoms with van der Waals surface area (Å²) in [6.45, 7) is 10.8. The first-order valence-electron chi connectivity index (χ1n) is 10.5. The minimum absolute atomic E-state index is 0.0253. The van der Waals surface area contributed by atoms with Gasteiger partial charge in [0.05, 0.1) is 0 Å². The van der Waals surface area contributed by atoms with E-state index < -0.39 is 0 Å². The van der Waals surface area contributed by atoms with Gasteiger partial charge in [-0.3, -0.25) is 9.59 Å². The first-order chi connectivity index (χ1) is 14.3. The van der Waals surface area contributed by atoms with Crippen molar-refractivity contribution >= 4 is 17.5 Å². The van der Waals surface area contributed by atoms with Crippen molar-refractivity contribution in [1.29, 1.82) is 0 Å². The molecule has 0 N–H and O–H groups in total. The first kappa shape index (κ1) is 21.8. The number of carbonyl (C=O) groups excluding carboxylic acids is 2. The van der Waals surface area contributed by atoms with E-state index in [1.807, 2.05) is 24.3 Å². The highest BCUT2D eigenvalue weighted by Gasteiger charge is 2.26. The van der Waals surface area contributed by atoms with Crippen LogP contribution in [0.2, 0.25) is 0 Å². The number of amides is 2. The Bertz CT molecular complexity index is 903. The summed E-state index contributed by atoms with van der Waals surface area (Å²) in [5, 5.41) is 0. The molecule has 0 atom stereocenters. The third kappa shape index (κ3) is 4.64. The van der Waals surface area contributed by atoms with Crippen molar-refractivity contribution in [2.75, 3.05) is 37.6 Å². The Balaban J connectivity index is 1.61. The van der Waals surface area contributed by atoms with Crippen LogP contribution in [0.5, 0.6) is 0 Å². The molecule has 0 unspecified atom stereocenters. The van der Waals surface area contributed by atoms with E-state index in [0.29, 0.717) is 48.9 Å². The van der Waals surface area contributed by atoms with Crippen LogP contribution in [0.15, 0.2) is 42.5 Å². The fourth-order valence-corrected chi connectivity index (χ4v) is 3.85. The number of nitrogens with zero attached hydrogens (tertiary/aromatic N) is 3. The standard InChI is InChI=1S/C24H30FN3O2/c1-5-28(17(2)3)21-10-8-19(9-11-21)23(29)26-12-14-27(15-13-26)24(30)20-7-6-18(4)22(25)16-20/h6-11,16-17H,5,12-15H2,1-4H3. The Labute approximate surface area is 178 Å². The molecule has 5 nitrogen and oxygen atoms in total. The van der Waals surface area contributed by atoms with Gasteiger partial charge in [0.1, 0.15) is 5.82 Å². The highest BCUT2D eigenvalue weighted by atomic mass is 19.1. The topological polar surface area (TPSA) is 43.9 Å². The van der Waals surface area contributed by atoms with Crippen LogP contribution in [-0.4, -0.2) is 60.4 Å². The number of anilines is 1. The highest BCUT2D eigenvalue weighted by Crippen LogP contribution is 2.19. The van der Waals surface area contributed by atoms with Gasteiger partial charge >= 0.3 is 0 Å². The molecule has 1 heterocycles. The number of aryl methyl sites for hydroxylation is 1. The van der Waals surface area contributed by atoms with Gasteiger partial charge < -0.3 is 14.7 Å². The molecule has 0 aliphatic carbocycles. The number of piperazine rings is 1. The fraction of sp³-hybridized carbons (Fsp3) is 0.417. The van der Waals surface area contributed by atoms with Gasteiger partial charge in [0.2, 0.25) is 0 Å². The average molecular weight is 412 g/mol. The van der Waals surface area contributed by atoms with Crippen molar-refractivity contribution in [3.8, 4) is 0 Å². The van der Waals surface area contributed by atoms with Crippen LogP contribution in [0.25, 0.3) is 0 Å². The summed E-state index contributed by atoms with van der Waals surface area (Å²) in [5.74, 6) is -0.599. The van der Waals surface area contributed by atoms with Crippen molar-refractivity contribution in [3.05, 3.63) is 65.0 Å². The summed E-state index contributed by atoms with van der Waals surface area (Å²) >= 11 is 0. The van der Waals surface area contributed by atoms with Crippen LogP contribution < -0.4 is 4.90 Å². The van der Waals surface area contributed by atoms with E-state index in [-0.39, 0.29) is 17.6 Å². The van der Waals surface area contributed by atoms with Crippen LogP contribution in [0.1, 0.15) is 47.1 Å². The van der Waals surface area contributed by atoms with Crippen LogP contribution >= 0.6 is 0 Å². The van der Waals surface area contributed by atoms with E-state index in [9.17, 15) is 14.0 Å². The second-order valence-electron chi connectivity index (χ2n) is 7.98. The molecule has 2 aromatic carbocycles. The molecule has 0 bridgehead atoms. The van der Waals surface area contributed by atoms with E-state index in [1.54, 1.807) is 28.9 Å². The summed E-state index contributed by atoms with van der Waals surface area (Å²) in [6, 6.07) is 12.7. The second kappa shape index (κ2) is 9.28. The van der Waals surface area contributed by atoms with Gasteiger partial charge in [-0.15, -0.1) is 0 Å². The maximum Gasteiger partial charge on any atom is 0.254 e. The molecule has 0 aromatic heterocycles. The number of halogens is 1. The number of hydrogen-bond acceptors (Lipinski definition) is 3. The van der Waals surface area contributed by atoms with Gasteiger partial charge in [0.25, 0.3) is 11.8 Å². The molecule has 160 valence electrons. The second-order valence-corrected chi connectivity index (χ2v) is 7.98. The zero-order valence-electron chi connectivity index (χ0n) is 18.2. The van der Waals surface area contributed by atoms with E-state index in [2.05, 4.69) is 25.7 Å². The highest BCUT2D eigenvalue weighted by molar-refractivity contribution is 5.96. The third-order valence-corrected chi connectivity index (χ3v) is 5.68. The molecule has 2 aromatic rings. The summed E-state index contributed by atoms with van der Waals surface area (Å²) in [4.78, 5) is 31.2. The van der Waals surface area contributed by atoms with Gasteiger partial charge in [-0.25, -0.2) is 4.39 Å². The van der Waals surface area contributed by atoms with Crippen molar-refractivity contribution in [3.63, 3.8) is 0 Å². The van der Waals surface area contributed by atoms with Crippen LogP contribution in [0.4, 0.5) is 10.1 Å². The van der Waals surface area contributed by atoms with Gasteiger partial charge in [0.15, 0.2) is 0 Å². The predicted molar refractivity (Wildman–Crippen MR) is 118 cm³/mol. The number of benzene rings is 2. The van der Waals surface area contributed by atoms with Crippen LogP contribution in [-0.2, 0) is 0 Å². The van der Waals surface area contributed by atoms with Crippen molar-refractivity contribution in [2.45, 2.75) is 33.7 Å². The molecule has 0 saturated carbocycles. The van der Waals surface area contributed by atoms with Crippen LogP contribution in [0.3, 0.4) is 0 Å². The SMILES string of the molecule is CCN(c1ccc(C(=O)N2CCN(C(=O)c3ccc(C)c(F)c3)CC2)cc1)C(C)C. The first-order valence-corrected chi connectivity index (χ1v) is 10.5. The maximum absolute atomic E-state index is 13.8. The number of rotatable bonds is 5. The van der Waals surface area contributed by atoms with Crippen molar-refractivity contribution < 1.29 is 14.0 Å². The molecule has 1 saturated heterocycles. The molecule has 1 aliphatic heterocycles. The molecule has 0 radical (unpaired) electrons. The Morgan fingerprint density at radius 1 is 0.933 bits per heavy atom. The normalized spacial score (nSPS) is 14.2. The lowest BCUT2D eigenvalue weighted by Gasteiger charge is -2.35. The smallest absolute Gasteiger partial charge is 0.254 e. The lowest BCUT2D eigenvalue weighted by molar-refractivity contribution is 0.0535. The number of carbonyl (C=O) groups is 2. The zero-order chi connectivity index (χ0) is 21.8. The quantitative estimate of drug-likeness (QED) is 0.748. The zero-order valence-corrected chi connectivity index (χ0v) is 18.2. The minimum Gasteiger partial charge on any atom is -0.369 e. The summed E-state index contributed by atoms with van der Waals surface area (Å²) in [5.41, 5.74) is 2.62. The largest absolute Gasteiger partial charge is 0.369 e. The van der Waals surface area contributed by atoms with Crippen LogP contribution in [0, 0.1) is 12.7 Å². The van der Waals surface area contributed by atoms with Gasteiger partial charge in [0, 0.05) is 55.6 Å². The molecule has 30 heavy (non-hydrogen) atoms. The average Bonchev–Trinajstić information content (AvgIpc) is 2.75. The molecular formula is C24H30FN3O2.